The van der Waals surface area contributed by atoms with E-state index in [0.717, 1.165) is 17.0 Å². The molecule has 0 atom stereocenters. The number of nitrogens with zero attached hydrogens (tertiary/aromatic N) is 3. The van der Waals surface area contributed by atoms with Crippen molar-refractivity contribution >= 4 is 34.6 Å². The molecule has 2 aliphatic rings. The Labute approximate surface area is 173 Å². The maximum Gasteiger partial charge on any atom is 0.417 e. The number of carbonyl (C=O) groups is 1. The number of aromatic hydroxyl groups is 1. The van der Waals surface area contributed by atoms with Gasteiger partial charge in [0.2, 0.25) is 0 Å². The Morgan fingerprint density at radius 2 is 1.87 bits per heavy atom. The second-order valence-electron chi connectivity index (χ2n) is 7.12. The van der Waals surface area contributed by atoms with E-state index in [2.05, 4.69) is 0 Å². The third kappa shape index (κ3) is 2.81. The van der Waals surface area contributed by atoms with Gasteiger partial charge in [-0.05, 0) is 61.8 Å². The number of carbonyl (C=O) groups excluding carboxylic acids is 1. The molecule has 0 bridgehead atoms. The molecule has 2 aromatic rings. The third-order valence-corrected chi connectivity index (χ3v) is 5.82. The lowest BCUT2D eigenvalue weighted by Crippen LogP contribution is -2.55. The highest BCUT2D eigenvalue weighted by Gasteiger charge is 2.60. The zero-order valence-electron chi connectivity index (χ0n) is 15.2. The number of amides is 1. The molecule has 1 amide bonds. The highest BCUT2D eigenvalue weighted by Crippen LogP contribution is 2.49. The van der Waals surface area contributed by atoms with Crippen LogP contribution in [0.4, 0.5) is 28.9 Å². The minimum atomic E-state index is -4.80. The van der Waals surface area contributed by atoms with Crippen molar-refractivity contribution in [2.75, 3.05) is 9.80 Å². The largest absolute Gasteiger partial charge is 0.508 e. The lowest BCUT2D eigenvalue weighted by molar-refractivity contribution is -0.137. The van der Waals surface area contributed by atoms with E-state index >= 15 is 0 Å². The summed E-state index contributed by atoms with van der Waals surface area (Å²) >= 11 is 5.40. The minimum Gasteiger partial charge on any atom is -0.508 e. The first-order valence-electron chi connectivity index (χ1n) is 8.89. The van der Waals surface area contributed by atoms with Crippen molar-refractivity contribution in [2.24, 2.45) is 0 Å². The minimum absolute atomic E-state index is 0.0435. The van der Waals surface area contributed by atoms with E-state index in [-0.39, 0.29) is 22.2 Å². The molecule has 0 unspecified atom stereocenters. The Morgan fingerprint density at radius 1 is 1.17 bits per heavy atom. The summed E-state index contributed by atoms with van der Waals surface area (Å²) in [5, 5.41) is 18.3. The molecule has 154 valence electrons. The monoisotopic (exact) mass is 435 g/mol. The van der Waals surface area contributed by atoms with Crippen LogP contribution in [0.3, 0.4) is 0 Å². The molecule has 0 aromatic heterocycles. The van der Waals surface area contributed by atoms with Crippen molar-refractivity contribution in [3.05, 3.63) is 53.3 Å². The van der Waals surface area contributed by atoms with Crippen molar-refractivity contribution in [3.8, 4) is 11.8 Å². The zero-order chi connectivity index (χ0) is 21.8. The van der Waals surface area contributed by atoms with Crippen LogP contribution in [0.5, 0.6) is 5.75 Å². The van der Waals surface area contributed by atoms with Crippen LogP contribution in [0.2, 0.25) is 0 Å². The van der Waals surface area contributed by atoms with E-state index in [4.69, 9.17) is 17.5 Å². The number of anilines is 2. The summed E-state index contributed by atoms with van der Waals surface area (Å²) in [6.45, 7) is 0. The molecule has 1 saturated carbocycles. The lowest BCUT2D eigenvalue weighted by atomic mass is 9.75. The molecule has 1 aliphatic heterocycles. The molecule has 1 heterocycles. The number of hydrogen-bond donors (Lipinski definition) is 1. The van der Waals surface area contributed by atoms with E-state index in [1.54, 1.807) is 0 Å². The van der Waals surface area contributed by atoms with Crippen LogP contribution >= 0.6 is 12.2 Å². The summed E-state index contributed by atoms with van der Waals surface area (Å²) in [5.41, 5.74) is -3.15. The molecule has 4 rings (SSSR count). The van der Waals surface area contributed by atoms with Crippen LogP contribution in [0.15, 0.2) is 36.4 Å². The average Bonchev–Trinajstić information content (AvgIpc) is 2.87. The smallest absolute Gasteiger partial charge is 0.417 e. The predicted octanol–water partition coefficient (Wildman–Crippen LogP) is 4.48. The molecule has 10 heteroatoms. The number of benzene rings is 2. The number of hydrogen-bond acceptors (Lipinski definition) is 4. The van der Waals surface area contributed by atoms with Gasteiger partial charge in [-0.2, -0.15) is 18.4 Å². The Bertz CT molecular complexity index is 1120. The van der Waals surface area contributed by atoms with Crippen LogP contribution in [0, 0.1) is 17.1 Å². The van der Waals surface area contributed by atoms with E-state index in [0.29, 0.717) is 25.3 Å². The van der Waals surface area contributed by atoms with Gasteiger partial charge in [-0.25, -0.2) is 4.39 Å². The third-order valence-electron chi connectivity index (χ3n) is 5.45. The molecule has 1 N–H and O–H groups in total. The van der Waals surface area contributed by atoms with Crippen LogP contribution in [0.25, 0.3) is 0 Å². The fourth-order valence-electron chi connectivity index (χ4n) is 3.86. The molecule has 5 nitrogen and oxygen atoms in total. The number of rotatable bonds is 2. The van der Waals surface area contributed by atoms with Gasteiger partial charge in [0.15, 0.2) is 10.9 Å². The second kappa shape index (κ2) is 6.67. The number of thiocarbonyl (C=S) groups is 1. The molecule has 0 radical (unpaired) electrons. The van der Waals surface area contributed by atoms with Crippen molar-refractivity contribution in [2.45, 2.75) is 31.0 Å². The normalized spacial score (nSPS) is 18.0. The van der Waals surface area contributed by atoms with Gasteiger partial charge in [0, 0.05) is 6.07 Å². The van der Waals surface area contributed by atoms with Gasteiger partial charge in [0.1, 0.15) is 11.3 Å². The highest BCUT2D eigenvalue weighted by atomic mass is 32.1. The van der Waals surface area contributed by atoms with Gasteiger partial charge >= 0.3 is 6.18 Å². The maximum atomic E-state index is 14.6. The summed E-state index contributed by atoms with van der Waals surface area (Å²) in [6.07, 6.45) is -3.43. The van der Waals surface area contributed by atoms with Crippen molar-refractivity contribution in [1.29, 1.82) is 5.26 Å². The molecule has 30 heavy (non-hydrogen) atoms. The van der Waals surface area contributed by atoms with Crippen LogP contribution in [0.1, 0.15) is 30.4 Å². The Kier molecular flexibility index (Phi) is 4.47. The fourth-order valence-corrected chi connectivity index (χ4v) is 4.33. The Morgan fingerprint density at radius 3 is 2.40 bits per heavy atom. The first-order chi connectivity index (χ1) is 14.1. The van der Waals surface area contributed by atoms with Gasteiger partial charge in [-0.1, -0.05) is 0 Å². The fraction of sp³-hybridized carbons (Fsp3) is 0.250. The van der Waals surface area contributed by atoms with Crippen LogP contribution in [-0.2, 0) is 11.0 Å². The lowest BCUT2D eigenvalue weighted by Gasteiger charge is -2.43. The summed E-state index contributed by atoms with van der Waals surface area (Å²) < 4.78 is 54.7. The van der Waals surface area contributed by atoms with Crippen molar-refractivity contribution in [1.82, 2.24) is 0 Å². The molecule has 2 fully saturated rings. The summed E-state index contributed by atoms with van der Waals surface area (Å²) in [4.78, 5) is 15.5. The van der Waals surface area contributed by atoms with Crippen molar-refractivity contribution < 1.29 is 27.5 Å². The Hall–Kier alpha value is -3.19. The summed E-state index contributed by atoms with van der Waals surface area (Å²) in [6, 6.07) is 7.76. The van der Waals surface area contributed by atoms with Crippen LogP contribution in [-0.4, -0.2) is 21.7 Å². The number of halogens is 4. The molecule has 2 aromatic carbocycles. The van der Waals surface area contributed by atoms with E-state index < -0.39 is 34.6 Å². The van der Waals surface area contributed by atoms with Crippen molar-refractivity contribution in [3.63, 3.8) is 0 Å². The highest BCUT2D eigenvalue weighted by molar-refractivity contribution is 7.81. The molecule has 1 aliphatic carbocycles. The maximum absolute atomic E-state index is 14.6. The molecular formula is C20H13F4N3O2S. The van der Waals surface area contributed by atoms with E-state index in [1.165, 1.54) is 29.2 Å². The quantitative estimate of drug-likeness (QED) is 0.557. The summed E-state index contributed by atoms with van der Waals surface area (Å²) in [5.74, 6) is -1.67. The van der Waals surface area contributed by atoms with Gasteiger partial charge in [0.25, 0.3) is 5.91 Å². The first-order valence-corrected chi connectivity index (χ1v) is 9.29. The van der Waals surface area contributed by atoms with E-state index in [1.807, 2.05) is 0 Å². The van der Waals surface area contributed by atoms with Gasteiger partial charge in [-0.3, -0.25) is 9.69 Å². The Balaban J connectivity index is 1.84. The molecule has 1 saturated heterocycles. The average molecular weight is 435 g/mol. The SMILES string of the molecule is N#Cc1ccc(N2C(=O)C3(CCC3)N(c3ccc(O)cc3F)C2=S)cc1C(F)(F)F. The molecule has 1 spiro atoms. The number of phenolic OH excluding ortho intramolecular Hbond substituents is 1. The number of phenols is 1. The number of alkyl halides is 3. The zero-order valence-corrected chi connectivity index (χ0v) is 16.0. The van der Waals surface area contributed by atoms with Crippen LogP contribution < -0.4 is 9.80 Å². The second-order valence-corrected chi connectivity index (χ2v) is 7.48. The first kappa shape index (κ1) is 20.1. The predicted molar refractivity (Wildman–Crippen MR) is 103 cm³/mol. The van der Waals surface area contributed by atoms with E-state index in [9.17, 15) is 27.5 Å². The topological polar surface area (TPSA) is 67.6 Å². The summed E-state index contributed by atoms with van der Waals surface area (Å²) in [7, 11) is 0. The number of nitriles is 1. The standard InChI is InChI=1S/C20H13F4N3O2S/c21-15-9-13(28)4-5-16(15)27-18(30)26(17(29)19(27)6-1-7-19)12-3-2-11(10-25)14(8-12)20(22,23)24/h2-5,8-9,28H,1,6-7H2. The van der Waals surface area contributed by atoms with Gasteiger partial charge in [0.05, 0.1) is 28.6 Å². The molecular weight excluding hydrogens is 422 g/mol. The van der Waals surface area contributed by atoms with Gasteiger partial charge < -0.3 is 10.0 Å². The van der Waals surface area contributed by atoms with Gasteiger partial charge in [-0.15, -0.1) is 0 Å².